The van der Waals surface area contributed by atoms with Gasteiger partial charge in [-0.15, -0.1) is 0 Å². The summed E-state index contributed by atoms with van der Waals surface area (Å²) < 4.78 is 7.77. The predicted molar refractivity (Wildman–Crippen MR) is 80.4 cm³/mol. The summed E-state index contributed by atoms with van der Waals surface area (Å²) in [5.41, 5.74) is 3.67. The first-order valence-electron chi connectivity index (χ1n) is 7.02. The molecule has 0 fully saturated rings. The van der Waals surface area contributed by atoms with Crippen molar-refractivity contribution in [2.24, 2.45) is 5.84 Å². The van der Waals surface area contributed by atoms with Gasteiger partial charge in [0.1, 0.15) is 23.5 Å². The smallest absolute Gasteiger partial charge is 0.138 e. The number of hydrazine groups is 1. The van der Waals surface area contributed by atoms with Crippen LogP contribution in [0.2, 0.25) is 0 Å². The highest BCUT2D eigenvalue weighted by atomic mass is 16.3. The Morgan fingerprint density at radius 2 is 2.14 bits per heavy atom. The standard InChI is InChI=1S/C15H19N5O/c1-10(2)20-15(17-9-18-20)8-12(19-16)14-7-11-5-3-4-6-13(11)21-14/h3-7,9-10,12,19H,8,16H2,1-2H3. The maximum Gasteiger partial charge on any atom is 0.138 e. The van der Waals surface area contributed by atoms with Crippen LogP contribution in [-0.4, -0.2) is 14.8 Å². The number of nitrogens with zero attached hydrogens (tertiary/aromatic N) is 3. The second-order valence-corrected chi connectivity index (χ2v) is 5.32. The Bertz CT molecular complexity index is 697. The molecule has 6 heteroatoms. The topological polar surface area (TPSA) is 81.9 Å². The molecule has 21 heavy (non-hydrogen) atoms. The summed E-state index contributed by atoms with van der Waals surface area (Å²) in [5.74, 6) is 7.39. The number of furan rings is 1. The molecule has 3 aromatic rings. The van der Waals surface area contributed by atoms with Crippen molar-refractivity contribution in [3.05, 3.63) is 48.2 Å². The minimum absolute atomic E-state index is 0.140. The van der Waals surface area contributed by atoms with Crippen molar-refractivity contribution < 1.29 is 4.42 Å². The van der Waals surface area contributed by atoms with E-state index < -0.39 is 0 Å². The molecule has 0 aliphatic heterocycles. The number of nitrogens with one attached hydrogen (secondary N) is 1. The van der Waals surface area contributed by atoms with E-state index >= 15 is 0 Å². The number of benzene rings is 1. The molecule has 1 aromatic carbocycles. The largest absolute Gasteiger partial charge is 0.459 e. The summed E-state index contributed by atoms with van der Waals surface area (Å²) in [6.45, 7) is 4.15. The fourth-order valence-corrected chi connectivity index (χ4v) is 2.45. The summed E-state index contributed by atoms with van der Waals surface area (Å²) in [7, 11) is 0. The highest BCUT2D eigenvalue weighted by Gasteiger charge is 2.19. The first kappa shape index (κ1) is 13.8. The lowest BCUT2D eigenvalue weighted by Gasteiger charge is -2.15. The van der Waals surface area contributed by atoms with E-state index in [-0.39, 0.29) is 12.1 Å². The number of fused-ring (bicyclic) bond motifs is 1. The third-order valence-corrected chi connectivity index (χ3v) is 3.51. The van der Waals surface area contributed by atoms with Gasteiger partial charge in [0.05, 0.1) is 6.04 Å². The van der Waals surface area contributed by atoms with Crippen LogP contribution < -0.4 is 11.3 Å². The highest BCUT2D eigenvalue weighted by molar-refractivity contribution is 5.77. The summed E-state index contributed by atoms with van der Waals surface area (Å²) >= 11 is 0. The molecular formula is C15H19N5O. The zero-order chi connectivity index (χ0) is 14.8. The molecule has 6 nitrogen and oxygen atoms in total. The van der Waals surface area contributed by atoms with Crippen LogP contribution in [0.15, 0.2) is 41.1 Å². The number of nitrogens with two attached hydrogens (primary N) is 1. The molecule has 1 unspecified atom stereocenters. The Balaban J connectivity index is 1.89. The Hall–Kier alpha value is -2.18. The van der Waals surface area contributed by atoms with E-state index in [1.807, 2.05) is 35.0 Å². The van der Waals surface area contributed by atoms with Crippen molar-refractivity contribution in [3.8, 4) is 0 Å². The molecule has 0 aliphatic carbocycles. The Labute approximate surface area is 122 Å². The van der Waals surface area contributed by atoms with E-state index in [1.54, 1.807) is 6.33 Å². The van der Waals surface area contributed by atoms with Gasteiger partial charge in [-0.2, -0.15) is 5.10 Å². The van der Waals surface area contributed by atoms with Crippen molar-refractivity contribution in [1.29, 1.82) is 0 Å². The third kappa shape index (κ3) is 2.68. The van der Waals surface area contributed by atoms with Crippen LogP contribution in [0.3, 0.4) is 0 Å². The molecule has 0 bridgehead atoms. The van der Waals surface area contributed by atoms with E-state index in [4.69, 9.17) is 10.3 Å². The second-order valence-electron chi connectivity index (χ2n) is 5.32. The lowest BCUT2D eigenvalue weighted by molar-refractivity contribution is 0.412. The minimum atomic E-state index is -0.140. The van der Waals surface area contributed by atoms with Gasteiger partial charge in [0.25, 0.3) is 0 Å². The average molecular weight is 285 g/mol. The first-order chi connectivity index (χ1) is 10.2. The van der Waals surface area contributed by atoms with Crippen LogP contribution in [-0.2, 0) is 6.42 Å². The molecule has 110 valence electrons. The number of hydrogen-bond acceptors (Lipinski definition) is 5. The van der Waals surface area contributed by atoms with Crippen LogP contribution in [0, 0.1) is 0 Å². The number of rotatable bonds is 5. The molecule has 3 rings (SSSR count). The highest BCUT2D eigenvalue weighted by Crippen LogP contribution is 2.25. The molecule has 1 atom stereocenters. The summed E-state index contributed by atoms with van der Waals surface area (Å²) in [4.78, 5) is 4.32. The monoisotopic (exact) mass is 285 g/mol. The van der Waals surface area contributed by atoms with E-state index in [1.165, 1.54) is 0 Å². The van der Waals surface area contributed by atoms with Gasteiger partial charge in [-0.3, -0.25) is 5.84 Å². The molecule has 0 spiro atoms. The molecule has 3 N–H and O–H groups in total. The van der Waals surface area contributed by atoms with Gasteiger partial charge in [0.15, 0.2) is 0 Å². The van der Waals surface area contributed by atoms with Gasteiger partial charge in [0, 0.05) is 17.8 Å². The van der Waals surface area contributed by atoms with E-state index in [0.717, 1.165) is 22.6 Å². The van der Waals surface area contributed by atoms with Crippen molar-refractivity contribution >= 4 is 11.0 Å². The van der Waals surface area contributed by atoms with Crippen LogP contribution in [0.25, 0.3) is 11.0 Å². The van der Waals surface area contributed by atoms with Crippen LogP contribution in [0.5, 0.6) is 0 Å². The number of para-hydroxylation sites is 1. The second kappa shape index (κ2) is 5.67. The zero-order valence-corrected chi connectivity index (χ0v) is 12.2. The zero-order valence-electron chi connectivity index (χ0n) is 12.2. The van der Waals surface area contributed by atoms with Gasteiger partial charge in [-0.05, 0) is 26.0 Å². The van der Waals surface area contributed by atoms with Crippen molar-refractivity contribution in [1.82, 2.24) is 20.2 Å². The Morgan fingerprint density at radius 3 is 2.86 bits per heavy atom. The summed E-state index contributed by atoms with van der Waals surface area (Å²) in [6, 6.07) is 10.0. The molecule has 2 heterocycles. The summed E-state index contributed by atoms with van der Waals surface area (Å²) in [6.07, 6.45) is 2.19. The third-order valence-electron chi connectivity index (χ3n) is 3.51. The van der Waals surface area contributed by atoms with Crippen LogP contribution >= 0.6 is 0 Å². The van der Waals surface area contributed by atoms with E-state index in [2.05, 4.69) is 29.4 Å². The Kier molecular flexibility index (Phi) is 3.72. The first-order valence-corrected chi connectivity index (χ1v) is 7.02. The van der Waals surface area contributed by atoms with Gasteiger partial charge >= 0.3 is 0 Å². The van der Waals surface area contributed by atoms with Crippen molar-refractivity contribution in [2.45, 2.75) is 32.4 Å². The maximum atomic E-state index is 5.87. The van der Waals surface area contributed by atoms with Crippen LogP contribution in [0.4, 0.5) is 0 Å². The van der Waals surface area contributed by atoms with Gasteiger partial charge in [0.2, 0.25) is 0 Å². The van der Waals surface area contributed by atoms with E-state index in [0.29, 0.717) is 6.42 Å². The molecule has 0 amide bonds. The van der Waals surface area contributed by atoms with Gasteiger partial charge < -0.3 is 4.42 Å². The molecule has 0 saturated carbocycles. The number of aromatic nitrogens is 3. The molecule has 2 aromatic heterocycles. The molecular weight excluding hydrogens is 266 g/mol. The normalized spacial score (nSPS) is 13.1. The Morgan fingerprint density at radius 1 is 1.33 bits per heavy atom. The van der Waals surface area contributed by atoms with Crippen LogP contribution in [0.1, 0.15) is 37.5 Å². The summed E-state index contributed by atoms with van der Waals surface area (Å²) in [5, 5.41) is 5.31. The van der Waals surface area contributed by atoms with Crippen molar-refractivity contribution in [3.63, 3.8) is 0 Å². The molecule has 0 radical (unpaired) electrons. The van der Waals surface area contributed by atoms with Crippen molar-refractivity contribution in [2.75, 3.05) is 0 Å². The maximum absolute atomic E-state index is 5.87. The molecule has 0 aliphatic rings. The quantitative estimate of drug-likeness (QED) is 0.555. The fraction of sp³-hybridized carbons (Fsp3) is 0.333. The minimum Gasteiger partial charge on any atom is -0.459 e. The fourth-order valence-electron chi connectivity index (χ4n) is 2.45. The average Bonchev–Trinajstić information content (AvgIpc) is 3.10. The number of hydrogen-bond donors (Lipinski definition) is 2. The molecule has 0 saturated heterocycles. The SMILES string of the molecule is CC(C)n1ncnc1CC(NN)c1cc2ccccc2o1. The van der Waals surface area contributed by atoms with E-state index in [9.17, 15) is 0 Å². The predicted octanol–water partition coefficient (Wildman–Crippen LogP) is 2.35. The lowest BCUT2D eigenvalue weighted by atomic mass is 10.1. The van der Waals surface area contributed by atoms with Gasteiger partial charge in [-0.1, -0.05) is 18.2 Å². The lowest BCUT2D eigenvalue weighted by Crippen LogP contribution is -2.30. The van der Waals surface area contributed by atoms with Gasteiger partial charge in [-0.25, -0.2) is 15.1 Å².